The average Bonchev–Trinajstić information content (AvgIpc) is 3.26. The van der Waals surface area contributed by atoms with Crippen molar-refractivity contribution in [2.45, 2.75) is 37.7 Å². The Morgan fingerprint density at radius 3 is 2.67 bits per heavy atom. The monoisotopic (exact) mass is 567 g/mol. The lowest BCUT2D eigenvalue weighted by molar-refractivity contribution is -0.123. The van der Waals surface area contributed by atoms with E-state index in [2.05, 4.69) is 9.97 Å². The lowest BCUT2D eigenvalue weighted by Gasteiger charge is -2.26. The van der Waals surface area contributed by atoms with Gasteiger partial charge in [0.2, 0.25) is 5.91 Å². The second-order valence-corrected chi connectivity index (χ2v) is 10.9. The summed E-state index contributed by atoms with van der Waals surface area (Å²) in [5, 5.41) is 12.5. The molecule has 0 fully saturated rings. The van der Waals surface area contributed by atoms with Gasteiger partial charge in [0.05, 0.1) is 21.3 Å². The Morgan fingerprint density at radius 1 is 1.18 bits per heavy atom. The zero-order chi connectivity index (χ0) is 28.1. The molecule has 0 radical (unpaired) electrons. The summed E-state index contributed by atoms with van der Waals surface area (Å²) < 4.78 is 19.7. The van der Waals surface area contributed by atoms with Crippen molar-refractivity contribution in [1.82, 2.24) is 9.97 Å². The molecule has 5 rings (SSSR count). The zero-order valence-corrected chi connectivity index (χ0v) is 22.6. The highest BCUT2D eigenvalue weighted by molar-refractivity contribution is 6.35. The lowest BCUT2D eigenvalue weighted by atomic mass is 9.81. The van der Waals surface area contributed by atoms with Crippen molar-refractivity contribution in [3.63, 3.8) is 0 Å². The van der Waals surface area contributed by atoms with Crippen LogP contribution in [-0.4, -0.2) is 33.4 Å². The van der Waals surface area contributed by atoms with E-state index in [0.29, 0.717) is 33.0 Å². The largest absolute Gasteiger partial charge is 0.489 e. The molecule has 7 nitrogen and oxygen atoms in total. The van der Waals surface area contributed by atoms with Gasteiger partial charge in [-0.25, -0.2) is 9.37 Å². The van der Waals surface area contributed by atoms with Gasteiger partial charge < -0.3 is 15.6 Å². The van der Waals surface area contributed by atoms with E-state index in [1.165, 1.54) is 25.1 Å². The Hall–Kier alpha value is -3.59. The molecule has 1 amide bonds. The topological polar surface area (TPSA) is 115 Å². The summed E-state index contributed by atoms with van der Waals surface area (Å²) in [6.07, 6.45) is 1.62. The highest BCUT2D eigenvalue weighted by atomic mass is 35.5. The van der Waals surface area contributed by atoms with Crippen LogP contribution in [-0.2, 0) is 15.8 Å². The number of ether oxygens (including phenoxy) is 1. The highest BCUT2D eigenvalue weighted by Gasteiger charge is 2.45. The zero-order valence-electron chi connectivity index (χ0n) is 21.1. The number of carbonyl (C=O) groups is 2. The van der Waals surface area contributed by atoms with Crippen molar-refractivity contribution in [3.8, 4) is 17.0 Å². The van der Waals surface area contributed by atoms with E-state index in [1.54, 1.807) is 37.4 Å². The minimum Gasteiger partial charge on any atom is -0.489 e. The van der Waals surface area contributed by atoms with Crippen LogP contribution < -0.4 is 10.5 Å². The average molecular weight is 568 g/mol. The molecule has 4 aromatic rings. The molecule has 200 valence electrons. The summed E-state index contributed by atoms with van der Waals surface area (Å²) in [6, 6.07) is 12.5. The number of hydrogen-bond donors (Lipinski definition) is 2. The van der Waals surface area contributed by atoms with Crippen LogP contribution in [0.4, 0.5) is 4.39 Å². The molecule has 0 unspecified atom stereocenters. The smallest absolute Gasteiger partial charge is 0.231 e. The van der Waals surface area contributed by atoms with Gasteiger partial charge in [0.25, 0.3) is 0 Å². The van der Waals surface area contributed by atoms with Gasteiger partial charge in [0.1, 0.15) is 34.9 Å². The Balaban J connectivity index is 1.51. The normalized spacial score (nSPS) is 17.9. The minimum atomic E-state index is -1.59. The van der Waals surface area contributed by atoms with E-state index in [9.17, 15) is 19.1 Å². The first-order valence-corrected chi connectivity index (χ1v) is 12.9. The number of aromatic nitrogens is 2. The van der Waals surface area contributed by atoms with Crippen LogP contribution in [0.5, 0.6) is 5.75 Å². The van der Waals surface area contributed by atoms with Gasteiger partial charge in [-0.2, -0.15) is 0 Å². The molecular formula is C29H24Cl2FN3O4. The van der Waals surface area contributed by atoms with E-state index in [-0.39, 0.29) is 41.6 Å². The fraction of sp³-hybridized carbons (Fsp3) is 0.241. The number of halogens is 3. The van der Waals surface area contributed by atoms with E-state index < -0.39 is 22.7 Å². The predicted molar refractivity (Wildman–Crippen MR) is 147 cm³/mol. The summed E-state index contributed by atoms with van der Waals surface area (Å²) in [6.45, 7) is 3.15. The Labute approximate surface area is 233 Å². The minimum absolute atomic E-state index is 0.0120. The van der Waals surface area contributed by atoms with Crippen LogP contribution >= 0.6 is 23.2 Å². The first-order chi connectivity index (χ1) is 18.4. The maximum atomic E-state index is 13.9. The van der Waals surface area contributed by atoms with Crippen molar-refractivity contribution >= 4 is 45.8 Å². The first kappa shape index (κ1) is 27.0. The molecule has 0 saturated heterocycles. The summed E-state index contributed by atoms with van der Waals surface area (Å²) in [5.41, 5.74) is 5.28. The van der Waals surface area contributed by atoms with E-state index in [0.717, 1.165) is 5.39 Å². The number of pyridine rings is 2. The summed E-state index contributed by atoms with van der Waals surface area (Å²) in [5.74, 6) is -1.14. The van der Waals surface area contributed by atoms with Crippen molar-refractivity contribution in [2.24, 2.45) is 5.73 Å². The first-order valence-electron chi connectivity index (χ1n) is 12.1. The van der Waals surface area contributed by atoms with Gasteiger partial charge in [-0.3, -0.25) is 14.6 Å². The predicted octanol–water partition coefficient (Wildman–Crippen LogP) is 5.75. The Kier molecular flexibility index (Phi) is 6.83. The van der Waals surface area contributed by atoms with Gasteiger partial charge in [-0.05, 0) is 62.7 Å². The third kappa shape index (κ3) is 4.84. The molecule has 2 atom stereocenters. The van der Waals surface area contributed by atoms with Crippen molar-refractivity contribution in [3.05, 3.63) is 87.4 Å². The molecule has 2 aromatic carbocycles. The third-order valence-electron chi connectivity index (χ3n) is 7.18. The maximum Gasteiger partial charge on any atom is 0.231 e. The fourth-order valence-electron chi connectivity index (χ4n) is 4.64. The van der Waals surface area contributed by atoms with Gasteiger partial charge in [-0.1, -0.05) is 29.3 Å². The molecule has 0 saturated carbocycles. The van der Waals surface area contributed by atoms with Crippen molar-refractivity contribution in [1.29, 1.82) is 0 Å². The number of hydrogen-bond acceptors (Lipinski definition) is 6. The molecule has 3 heterocycles. The number of aliphatic hydroxyl groups is 1. The standard InChI is InChI=1S/C29H24Cl2FN3O4/c1-28(27(33)37)14-39-26-18(28)13-23(35-25(26)16-5-6-21(32)19(30)11-16)29(2,38)8-7-22(36)17-10-15-4-3-9-34-24(15)20(31)12-17/h3-6,9-13,38H,7-8,14H2,1-2H3,(H2,33,37)/t28-,29-/m0/s1. The van der Waals surface area contributed by atoms with Gasteiger partial charge >= 0.3 is 0 Å². The number of primary amides is 1. The van der Waals surface area contributed by atoms with Crippen LogP contribution in [0.2, 0.25) is 10.0 Å². The van der Waals surface area contributed by atoms with E-state index in [4.69, 9.17) is 33.7 Å². The lowest BCUT2D eigenvalue weighted by Crippen LogP contribution is -2.40. The number of amides is 1. The second kappa shape index (κ2) is 9.86. The number of ketones is 1. The van der Waals surface area contributed by atoms with Crippen molar-refractivity contribution < 1.29 is 23.8 Å². The van der Waals surface area contributed by atoms with Crippen molar-refractivity contribution in [2.75, 3.05) is 6.61 Å². The molecule has 1 aliphatic rings. The highest BCUT2D eigenvalue weighted by Crippen LogP contribution is 2.46. The number of rotatable bonds is 7. The number of benzene rings is 2. The Bertz CT molecular complexity index is 1660. The van der Waals surface area contributed by atoms with Crippen LogP contribution in [0.25, 0.3) is 22.2 Å². The second-order valence-electron chi connectivity index (χ2n) is 10.1. The Morgan fingerprint density at radius 2 is 1.95 bits per heavy atom. The summed E-state index contributed by atoms with van der Waals surface area (Å²) >= 11 is 12.4. The third-order valence-corrected chi connectivity index (χ3v) is 7.76. The molecular weight excluding hydrogens is 544 g/mol. The number of Topliss-reactive ketones (excluding diaryl/α,β-unsaturated/α-hetero) is 1. The van der Waals surface area contributed by atoms with Gasteiger partial charge in [0, 0.05) is 34.7 Å². The van der Waals surface area contributed by atoms with E-state index >= 15 is 0 Å². The van der Waals surface area contributed by atoms with E-state index in [1.807, 2.05) is 6.07 Å². The molecule has 39 heavy (non-hydrogen) atoms. The number of fused-ring (bicyclic) bond motifs is 2. The maximum absolute atomic E-state index is 13.9. The van der Waals surface area contributed by atoms with Crippen LogP contribution in [0.3, 0.4) is 0 Å². The molecule has 0 bridgehead atoms. The molecule has 2 aromatic heterocycles. The quantitative estimate of drug-likeness (QED) is 0.275. The van der Waals surface area contributed by atoms with Gasteiger partial charge in [0.15, 0.2) is 5.78 Å². The molecule has 0 spiro atoms. The summed E-state index contributed by atoms with van der Waals surface area (Å²) in [7, 11) is 0. The van der Waals surface area contributed by atoms with Gasteiger partial charge in [-0.15, -0.1) is 0 Å². The van der Waals surface area contributed by atoms with Crippen LogP contribution in [0.15, 0.2) is 54.7 Å². The number of carbonyl (C=O) groups excluding carboxylic acids is 2. The summed E-state index contributed by atoms with van der Waals surface area (Å²) in [4.78, 5) is 34.4. The fourth-order valence-corrected chi connectivity index (χ4v) is 5.10. The molecule has 10 heteroatoms. The molecule has 0 aliphatic carbocycles. The van der Waals surface area contributed by atoms with Crippen LogP contribution in [0.1, 0.15) is 48.3 Å². The molecule has 1 aliphatic heterocycles. The number of nitrogens with two attached hydrogens (primary N) is 1. The molecule has 3 N–H and O–H groups in total. The number of nitrogens with zero attached hydrogens (tertiary/aromatic N) is 2. The van der Waals surface area contributed by atoms with Crippen LogP contribution in [0, 0.1) is 5.82 Å². The SMILES string of the molecule is C[C@](O)(CCC(=O)c1cc(Cl)c2ncccc2c1)c1cc2c(c(-c3ccc(F)c(Cl)c3)n1)OC[C@]2(C)C(N)=O.